The maximum atomic E-state index is 12.9. The van der Waals surface area contributed by atoms with Gasteiger partial charge in [-0.1, -0.05) is 48.5 Å². The number of fused-ring (bicyclic) bond motifs is 1. The van der Waals surface area contributed by atoms with Crippen LogP contribution in [0.15, 0.2) is 78.9 Å². The molecule has 4 aromatic rings. The molecule has 0 bridgehead atoms. The standard InChI is InChI=1S/C30H24F3NO2/c31-30(32,33)25-8-5-18(6-9-25)21-7-10-26-22(11-21)12-23(28(35)36)13-27(26)20-3-1-19(2-4-20)24-14-29(15-24)16-34-17-29/h1-13,24,34H,14-17H2,(H,35,36). The number of benzene rings is 4. The first-order valence-electron chi connectivity index (χ1n) is 12.0. The molecule has 2 aliphatic rings. The fourth-order valence-electron chi connectivity index (χ4n) is 5.69. The van der Waals surface area contributed by atoms with E-state index in [2.05, 4.69) is 29.6 Å². The van der Waals surface area contributed by atoms with Crippen LogP contribution in [0, 0.1) is 5.41 Å². The molecule has 2 N–H and O–H groups in total. The number of aromatic carboxylic acids is 1. The average molecular weight is 488 g/mol. The van der Waals surface area contributed by atoms with Crippen LogP contribution in [-0.4, -0.2) is 24.2 Å². The minimum atomic E-state index is -4.39. The van der Waals surface area contributed by atoms with Crippen LogP contribution in [0.3, 0.4) is 0 Å². The molecular formula is C30H24F3NO2. The Morgan fingerprint density at radius 2 is 1.47 bits per heavy atom. The maximum Gasteiger partial charge on any atom is 0.416 e. The van der Waals surface area contributed by atoms with Gasteiger partial charge in [0.1, 0.15) is 0 Å². The quantitative estimate of drug-likeness (QED) is 0.316. The molecule has 4 aromatic carbocycles. The molecule has 1 saturated carbocycles. The summed E-state index contributed by atoms with van der Waals surface area (Å²) in [6.45, 7) is 2.23. The lowest BCUT2D eigenvalue weighted by molar-refractivity contribution is -0.137. The van der Waals surface area contributed by atoms with E-state index in [9.17, 15) is 23.1 Å². The summed E-state index contributed by atoms with van der Waals surface area (Å²) in [6, 6.07) is 22.3. The summed E-state index contributed by atoms with van der Waals surface area (Å²) in [5, 5.41) is 14.7. The van der Waals surface area contributed by atoms with E-state index in [1.165, 1.54) is 30.5 Å². The number of alkyl halides is 3. The second kappa shape index (κ2) is 8.20. The van der Waals surface area contributed by atoms with Gasteiger partial charge in [-0.15, -0.1) is 0 Å². The Bertz CT molecular complexity index is 1460. The second-order valence-electron chi connectivity index (χ2n) is 10.2. The highest BCUT2D eigenvalue weighted by atomic mass is 19.4. The van der Waals surface area contributed by atoms with E-state index in [1.54, 1.807) is 12.1 Å². The van der Waals surface area contributed by atoms with Crippen molar-refractivity contribution in [2.45, 2.75) is 24.9 Å². The van der Waals surface area contributed by atoms with Crippen LogP contribution in [0.1, 0.15) is 40.2 Å². The van der Waals surface area contributed by atoms with Crippen molar-refractivity contribution in [1.82, 2.24) is 5.32 Å². The van der Waals surface area contributed by atoms with Crippen molar-refractivity contribution in [1.29, 1.82) is 0 Å². The van der Waals surface area contributed by atoms with E-state index in [4.69, 9.17) is 0 Å². The third-order valence-corrected chi connectivity index (χ3v) is 7.80. The fraction of sp³-hybridized carbons (Fsp3) is 0.233. The highest BCUT2D eigenvalue weighted by Gasteiger charge is 2.48. The molecule has 0 unspecified atom stereocenters. The third kappa shape index (κ3) is 3.95. The van der Waals surface area contributed by atoms with Gasteiger partial charge in [0.15, 0.2) is 0 Å². The number of halogens is 3. The summed E-state index contributed by atoms with van der Waals surface area (Å²) in [5.41, 5.74) is 4.41. The number of carboxylic acids is 1. The lowest BCUT2D eigenvalue weighted by Crippen LogP contribution is -2.59. The zero-order valence-electron chi connectivity index (χ0n) is 19.4. The first-order valence-corrected chi connectivity index (χ1v) is 12.0. The zero-order chi connectivity index (χ0) is 25.1. The summed E-state index contributed by atoms with van der Waals surface area (Å²) >= 11 is 0. The van der Waals surface area contributed by atoms with E-state index in [1.807, 2.05) is 18.2 Å². The Hall–Kier alpha value is -3.64. The van der Waals surface area contributed by atoms with Gasteiger partial charge in [-0.05, 0) is 93.1 Å². The average Bonchev–Trinajstić information content (AvgIpc) is 2.81. The third-order valence-electron chi connectivity index (χ3n) is 7.80. The number of hydrogen-bond acceptors (Lipinski definition) is 2. The predicted molar refractivity (Wildman–Crippen MR) is 134 cm³/mol. The van der Waals surface area contributed by atoms with Crippen LogP contribution in [0.5, 0.6) is 0 Å². The molecule has 3 nitrogen and oxygen atoms in total. The van der Waals surface area contributed by atoms with Crippen molar-refractivity contribution < 1.29 is 23.1 Å². The smallest absolute Gasteiger partial charge is 0.416 e. The maximum absolute atomic E-state index is 12.9. The van der Waals surface area contributed by atoms with Crippen LogP contribution in [0.2, 0.25) is 0 Å². The van der Waals surface area contributed by atoms with E-state index < -0.39 is 17.7 Å². The van der Waals surface area contributed by atoms with Gasteiger partial charge in [0.25, 0.3) is 0 Å². The van der Waals surface area contributed by atoms with E-state index in [0.717, 1.165) is 52.7 Å². The molecule has 1 spiro atoms. The molecule has 1 aliphatic carbocycles. The molecular weight excluding hydrogens is 463 g/mol. The monoisotopic (exact) mass is 487 g/mol. The lowest BCUT2D eigenvalue weighted by atomic mass is 9.57. The first-order chi connectivity index (χ1) is 17.2. The summed E-state index contributed by atoms with van der Waals surface area (Å²) in [5.74, 6) is -0.446. The minimum Gasteiger partial charge on any atom is -0.478 e. The summed E-state index contributed by atoms with van der Waals surface area (Å²) < 4.78 is 38.8. The van der Waals surface area contributed by atoms with Crippen LogP contribution < -0.4 is 5.32 Å². The number of nitrogens with one attached hydrogen (secondary N) is 1. The lowest BCUT2D eigenvalue weighted by Gasteiger charge is -2.54. The van der Waals surface area contributed by atoms with Gasteiger partial charge in [0, 0.05) is 13.1 Å². The molecule has 2 fully saturated rings. The minimum absolute atomic E-state index is 0.171. The second-order valence-corrected chi connectivity index (χ2v) is 10.2. The van der Waals surface area contributed by atoms with E-state index >= 15 is 0 Å². The Labute approximate surface area is 206 Å². The Balaban J connectivity index is 1.35. The summed E-state index contributed by atoms with van der Waals surface area (Å²) in [6.07, 6.45) is -1.97. The van der Waals surface area contributed by atoms with Gasteiger partial charge in [0.05, 0.1) is 11.1 Å². The largest absolute Gasteiger partial charge is 0.478 e. The van der Waals surface area contributed by atoms with Crippen LogP contribution in [0.4, 0.5) is 13.2 Å². The molecule has 1 saturated heterocycles. The van der Waals surface area contributed by atoms with E-state index in [-0.39, 0.29) is 5.56 Å². The fourth-order valence-corrected chi connectivity index (χ4v) is 5.69. The SMILES string of the molecule is O=C(O)c1cc(-c2ccc(C3CC4(CNC4)C3)cc2)c2ccc(-c3ccc(C(F)(F)F)cc3)cc2c1. The number of hydrogen-bond donors (Lipinski definition) is 2. The van der Waals surface area contributed by atoms with Crippen molar-refractivity contribution in [3.63, 3.8) is 0 Å². The van der Waals surface area contributed by atoms with Crippen molar-refractivity contribution in [3.8, 4) is 22.3 Å². The summed E-state index contributed by atoms with van der Waals surface area (Å²) in [4.78, 5) is 11.9. The Morgan fingerprint density at radius 1 is 0.833 bits per heavy atom. The molecule has 0 atom stereocenters. The van der Waals surface area contributed by atoms with Gasteiger partial charge in [-0.3, -0.25) is 0 Å². The Kier molecular flexibility index (Phi) is 5.20. The van der Waals surface area contributed by atoms with Crippen molar-refractivity contribution in [2.75, 3.05) is 13.1 Å². The molecule has 1 heterocycles. The van der Waals surface area contributed by atoms with Crippen LogP contribution in [0.25, 0.3) is 33.0 Å². The van der Waals surface area contributed by atoms with Gasteiger partial charge in [-0.25, -0.2) is 4.79 Å². The van der Waals surface area contributed by atoms with Gasteiger partial charge >= 0.3 is 12.1 Å². The number of carboxylic acid groups (broad SMARTS) is 1. The number of rotatable bonds is 4. The molecule has 0 radical (unpaired) electrons. The molecule has 0 aromatic heterocycles. The van der Waals surface area contributed by atoms with Crippen LogP contribution >= 0.6 is 0 Å². The molecule has 6 heteroatoms. The van der Waals surface area contributed by atoms with Crippen molar-refractivity contribution in [2.24, 2.45) is 5.41 Å². The molecule has 1 aliphatic heterocycles. The highest BCUT2D eigenvalue weighted by molar-refractivity contribution is 6.04. The Morgan fingerprint density at radius 3 is 2.06 bits per heavy atom. The molecule has 182 valence electrons. The van der Waals surface area contributed by atoms with E-state index in [0.29, 0.717) is 16.9 Å². The van der Waals surface area contributed by atoms with Crippen LogP contribution in [-0.2, 0) is 6.18 Å². The molecule has 0 amide bonds. The first kappa shape index (κ1) is 22.8. The molecule has 36 heavy (non-hydrogen) atoms. The molecule has 6 rings (SSSR count). The van der Waals surface area contributed by atoms with Gasteiger partial charge in [-0.2, -0.15) is 13.2 Å². The van der Waals surface area contributed by atoms with Crippen molar-refractivity contribution in [3.05, 3.63) is 95.6 Å². The number of carbonyl (C=O) groups is 1. The summed E-state index contributed by atoms with van der Waals surface area (Å²) in [7, 11) is 0. The van der Waals surface area contributed by atoms with Gasteiger partial charge < -0.3 is 10.4 Å². The highest BCUT2D eigenvalue weighted by Crippen LogP contribution is 2.53. The zero-order valence-corrected chi connectivity index (χ0v) is 19.4. The van der Waals surface area contributed by atoms with Gasteiger partial charge in [0.2, 0.25) is 0 Å². The predicted octanol–water partition coefficient (Wildman–Crippen LogP) is 7.36. The normalized spacial score (nSPS) is 17.1. The van der Waals surface area contributed by atoms with Crippen molar-refractivity contribution >= 4 is 16.7 Å². The topological polar surface area (TPSA) is 49.3 Å².